The van der Waals surface area contributed by atoms with Crippen LogP contribution in [0.25, 0.3) is 0 Å². The Bertz CT molecular complexity index is 411. The fourth-order valence-corrected chi connectivity index (χ4v) is 1.70. The minimum Gasteiger partial charge on any atom is -0.491 e. The van der Waals surface area contributed by atoms with E-state index >= 15 is 0 Å². The summed E-state index contributed by atoms with van der Waals surface area (Å²) < 4.78 is 6.41. The largest absolute Gasteiger partial charge is 0.491 e. The molecule has 0 spiro atoms. The van der Waals surface area contributed by atoms with Crippen LogP contribution in [-0.2, 0) is 4.79 Å². The number of carbonyl (C=O) groups is 1. The first-order valence-electron chi connectivity index (χ1n) is 5.42. The van der Waals surface area contributed by atoms with Crippen LogP contribution in [0.3, 0.4) is 0 Å². The average molecular weight is 338 g/mol. The average Bonchev–Trinajstić information content (AvgIpc) is 2.14. The van der Waals surface area contributed by atoms with Gasteiger partial charge in [0, 0.05) is 16.2 Å². The highest BCUT2D eigenvalue weighted by atomic mass is 79.9. The molecule has 3 N–H and O–H groups in total. The molecule has 1 amide bonds. The van der Waals surface area contributed by atoms with Gasteiger partial charge in [0.1, 0.15) is 5.75 Å². The van der Waals surface area contributed by atoms with Crippen molar-refractivity contribution < 1.29 is 9.53 Å². The van der Waals surface area contributed by atoms with Gasteiger partial charge in [-0.15, -0.1) is 12.4 Å². The highest BCUT2D eigenvalue weighted by Crippen LogP contribution is 2.25. The fourth-order valence-electron chi connectivity index (χ4n) is 1.23. The quantitative estimate of drug-likeness (QED) is 0.888. The molecule has 0 aliphatic rings. The molecule has 1 rings (SSSR count). The second-order valence-corrected chi connectivity index (χ2v) is 5.04. The number of carbonyl (C=O) groups excluding carboxylic acids is 1. The minimum absolute atomic E-state index is 0. The zero-order valence-corrected chi connectivity index (χ0v) is 13.0. The highest BCUT2D eigenvalue weighted by molar-refractivity contribution is 9.10. The van der Waals surface area contributed by atoms with E-state index in [1.54, 1.807) is 19.1 Å². The standard InChI is InChI=1S/C12H17BrN2O2.ClH/c1-7(2)17-11-5-9(13)4-10(6-11)15-12(16)8(3)14;/h4-8H,14H2,1-3H3,(H,15,16);1H/t8-;/m1./s1. The first kappa shape index (κ1) is 17.2. The van der Waals surface area contributed by atoms with Crippen LogP contribution < -0.4 is 15.8 Å². The van der Waals surface area contributed by atoms with E-state index in [0.717, 1.165) is 4.47 Å². The van der Waals surface area contributed by atoms with E-state index in [0.29, 0.717) is 11.4 Å². The molecule has 0 saturated carbocycles. The van der Waals surface area contributed by atoms with Crippen molar-refractivity contribution in [1.82, 2.24) is 0 Å². The van der Waals surface area contributed by atoms with Gasteiger partial charge in [-0.1, -0.05) is 15.9 Å². The topological polar surface area (TPSA) is 64.3 Å². The number of rotatable bonds is 4. The van der Waals surface area contributed by atoms with Gasteiger partial charge in [-0.2, -0.15) is 0 Å². The number of hydrogen-bond donors (Lipinski definition) is 2. The third-order valence-corrected chi connectivity index (χ3v) is 2.38. The summed E-state index contributed by atoms with van der Waals surface area (Å²) in [5.74, 6) is 0.480. The molecule has 0 unspecified atom stereocenters. The Hall–Kier alpha value is -0.780. The van der Waals surface area contributed by atoms with Crippen LogP contribution in [0.1, 0.15) is 20.8 Å². The summed E-state index contributed by atoms with van der Waals surface area (Å²) in [5.41, 5.74) is 6.15. The molecule has 0 fully saturated rings. The second-order valence-electron chi connectivity index (χ2n) is 4.12. The number of hydrogen-bond acceptors (Lipinski definition) is 3. The van der Waals surface area contributed by atoms with Gasteiger partial charge in [0.25, 0.3) is 0 Å². The summed E-state index contributed by atoms with van der Waals surface area (Å²) in [5, 5.41) is 2.72. The first-order chi connectivity index (χ1) is 7.88. The van der Waals surface area contributed by atoms with Crippen molar-refractivity contribution in [2.45, 2.75) is 32.9 Å². The predicted molar refractivity (Wildman–Crippen MR) is 79.4 cm³/mol. The van der Waals surface area contributed by atoms with Crippen molar-refractivity contribution in [2.75, 3.05) is 5.32 Å². The lowest BCUT2D eigenvalue weighted by molar-refractivity contribution is -0.117. The minimum atomic E-state index is -0.538. The maximum atomic E-state index is 11.5. The van der Waals surface area contributed by atoms with Gasteiger partial charge < -0.3 is 15.8 Å². The van der Waals surface area contributed by atoms with Crippen molar-refractivity contribution in [1.29, 1.82) is 0 Å². The number of nitrogens with one attached hydrogen (secondary N) is 1. The Kier molecular flexibility index (Phi) is 7.28. The van der Waals surface area contributed by atoms with Crippen molar-refractivity contribution >= 4 is 39.9 Å². The van der Waals surface area contributed by atoms with Crippen molar-refractivity contribution in [3.8, 4) is 5.75 Å². The molecule has 0 aromatic heterocycles. The number of benzene rings is 1. The van der Waals surface area contributed by atoms with Crippen LogP contribution in [0.15, 0.2) is 22.7 Å². The van der Waals surface area contributed by atoms with E-state index < -0.39 is 6.04 Å². The van der Waals surface area contributed by atoms with E-state index in [-0.39, 0.29) is 24.4 Å². The van der Waals surface area contributed by atoms with Crippen LogP contribution in [0.2, 0.25) is 0 Å². The molecule has 0 aliphatic heterocycles. The first-order valence-corrected chi connectivity index (χ1v) is 6.21. The van der Waals surface area contributed by atoms with Crippen LogP contribution >= 0.6 is 28.3 Å². The SMILES string of the molecule is CC(C)Oc1cc(Br)cc(NC(=O)[C@@H](C)N)c1.Cl. The summed E-state index contributed by atoms with van der Waals surface area (Å²) in [6.07, 6.45) is 0.0845. The lowest BCUT2D eigenvalue weighted by Crippen LogP contribution is -2.32. The third-order valence-electron chi connectivity index (χ3n) is 1.92. The maximum Gasteiger partial charge on any atom is 0.241 e. The summed E-state index contributed by atoms with van der Waals surface area (Å²) in [4.78, 5) is 11.5. The number of amides is 1. The molecule has 1 aromatic rings. The zero-order valence-electron chi connectivity index (χ0n) is 10.6. The second kappa shape index (κ2) is 7.61. The van der Waals surface area contributed by atoms with Crippen molar-refractivity contribution in [3.05, 3.63) is 22.7 Å². The van der Waals surface area contributed by atoms with Gasteiger partial charge in [0.2, 0.25) is 5.91 Å². The van der Waals surface area contributed by atoms with E-state index in [1.165, 1.54) is 0 Å². The molecule has 1 aromatic carbocycles. The number of halogens is 2. The summed E-state index contributed by atoms with van der Waals surface area (Å²) in [6.45, 7) is 5.53. The highest BCUT2D eigenvalue weighted by Gasteiger charge is 2.09. The number of anilines is 1. The van der Waals surface area contributed by atoms with Crippen molar-refractivity contribution in [2.24, 2.45) is 5.73 Å². The van der Waals surface area contributed by atoms with Gasteiger partial charge in [-0.25, -0.2) is 0 Å². The molecule has 4 nitrogen and oxygen atoms in total. The summed E-state index contributed by atoms with van der Waals surface area (Å²) in [6, 6.07) is 4.88. The van der Waals surface area contributed by atoms with E-state index in [1.807, 2.05) is 19.9 Å². The van der Waals surface area contributed by atoms with Crippen LogP contribution in [-0.4, -0.2) is 18.1 Å². The van der Waals surface area contributed by atoms with E-state index in [2.05, 4.69) is 21.2 Å². The van der Waals surface area contributed by atoms with E-state index in [9.17, 15) is 4.79 Å². The van der Waals surface area contributed by atoms with Gasteiger partial charge >= 0.3 is 0 Å². The van der Waals surface area contributed by atoms with Gasteiger partial charge in [0.05, 0.1) is 12.1 Å². The lowest BCUT2D eigenvalue weighted by Gasteiger charge is -2.13. The Morgan fingerprint density at radius 3 is 2.44 bits per heavy atom. The van der Waals surface area contributed by atoms with Gasteiger partial charge in [-0.05, 0) is 32.9 Å². The molecule has 0 aliphatic carbocycles. The van der Waals surface area contributed by atoms with Gasteiger partial charge in [0.15, 0.2) is 0 Å². The Labute approximate surface area is 122 Å². The summed E-state index contributed by atoms with van der Waals surface area (Å²) in [7, 11) is 0. The lowest BCUT2D eigenvalue weighted by atomic mass is 10.2. The molecule has 0 heterocycles. The molecule has 0 saturated heterocycles. The predicted octanol–water partition coefficient (Wildman–Crippen LogP) is 2.94. The normalized spacial score (nSPS) is 11.7. The molecule has 1 atom stereocenters. The zero-order chi connectivity index (χ0) is 13.0. The molecule has 0 radical (unpaired) electrons. The molecular formula is C12H18BrClN2O2. The Morgan fingerprint density at radius 1 is 1.33 bits per heavy atom. The number of ether oxygens (including phenoxy) is 1. The molecular weight excluding hydrogens is 320 g/mol. The number of nitrogens with two attached hydrogens (primary N) is 1. The molecule has 18 heavy (non-hydrogen) atoms. The fraction of sp³-hybridized carbons (Fsp3) is 0.417. The smallest absolute Gasteiger partial charge is 0.241 e. The van der Waals surface area contributed by atoms with Crippen molar-refractivity contribution in [3.63, 3.8) is 0 Å². The van der Waals surface area contributed by atoms with Crippen LogP contribution in [0.4, 0.5) is 5.69 Å². The monoisotopic (exact) mass is 336 g/mol. The third kappa shape index (κ3) is 5.71. The maximum absolute atomic E-state index is 11.5. The molecule has 0 bridgehead atoms. The molecule has 102 valence electrons. The van der Waals surface area contributed by atoms with E-state index in [4.69, 9.17) is 10.5 Å². The van der Waals surface area contributed by atoms with Gasteiger partial charge in [-0.3, -0.25) is 4.79 Å². The van der Waals surface area contributed by atoms with Crippen LogP contribution in [0.5, 0.6) is 5.75 Å². The van der Waals surface area contributed by atoms with Crippen LogP contribution in [0, 0.1) is 0 Å². The Balaban J connectivity index is 0.00000289. The summed E-state index contributed by atoms with van der Waals surface area (Å²) >= 11 is 3.37. The molecule has 6 heteroatoms. The Morgan fingerprint density at radius 2 is 1.94 bits per heavy atom.